The van der Waals surface area contributed by atoms with Crippen LogP contribution in [0, 0.1) is 20.8 Å². The lowest BCUT2D eigenvalue weighted by atomic mass is 9.84. The van der Waals surface area contributed by atoms with Crippen molar-refractivity contribution in [1.82, 2.24) is 24.9 Å². The summed E-state index contributed by atoms with van der Waals surface area (Å²) < 4.78 is 33.7. The maximum Gasteiger partial charge on any atom is 0.248 e. The number of morpholine rings is 1. The van der Waals surface area contributed by atoms with E-state index in [1.165, 1.54) is 0 Å². The lowest BCUT2D eigenvalue weighted by Crippen LogP contribution is -2.39. The van der Waals surface area contributed by atoms with Crippen LogP contribution >= 0.6 is 0 Å². The first kappa shape index (κ1) is 22.0. The fourth-order valence-corrected chi connectivity index (χ4v) is 4.66. The zero-order chi connectivity index (χ0) is 23.2. The first-order valence-electron chi connectivity index (χ1n) is 11.5. The largest absolute Gasteiger partial charge is 0.370 e. The van der Waals surface area contributed by atoms with Gasteiger partial charge in [0.05, 0.1) is 30.2 Å². The van der Waals surface area contributed by atoms with E-state index in [-0.39, 0.29) is 24.9 Å². The summed E-state index contributed by atoms with van der Waals surface area (Å²) in [6.07, 6.45) is 2.18. The van der Waals surface area contributed by atoms with Crippen LogP contribution in [0.1, 0.15) is 66.0 Å². The highest BCUT2D eigenvalue weighted by molar-refractivity contribution is 5.75. The van der Waals surface area contributed by atoms with Crippen LogP contribution in [-0.4, -0.2) is 50.5 Å². The van der Waals surface area contributed by atoms with Gasteiger partial charge in [0.25, 0.3) is 0 Å². The predicted molar refractivity (Wildman–Crippen MR) is 121 cm³/mol. The molecule has 0 N–H and O–H groups in total. The van der Waals surface area contributed by atoms with Crippen molar-refractivity contribution in [1.29, 1.82) is 0 Å². The summed E-state index contributed by atoms with van der Waals surface area (Å²) >= 11 is 0. The molecule has 0 bridgehead atoms. The number of nitrogens with zero attached hydrogens (tertiary/aromatic N) is 6. The maximum atomic E-state index is 13.8. The molecule has 0 spiro atoms. The average Bonchev–Trinajstić information content (AvgIpc) is 2.79. The number of pyridine rings is 1. The van der Waals surface area contributed by atoms with Gasteiger partial charge < -0.3 is 9.64 Å². The minimum Gasteiger partial charge on any atom is -0.370 e. The molecule has 3 aromatic rings. The smallest absolute Gasteiger partial charge is 0.248 e. The molecule has 2 fully saturated rings. The lowest BCUT2D eigenvalue weighted by molar-refractivity contribution is -0.0384. The Morgan fingerprint density at radius 2 is 1.79 bits per heavy atom. The number of aryl methyl sites for hydroxylation is 3. The van der Waals surface area contributed by atoms with Crippen molar-refractivity contribution in [3.05, 3.63) is 46.7 Å². The van der Waals surface area contributed by atoms with Crippen molar-refractivity contribution in [2.24, 2.45) is 0 Å². The number of hydrogen-bond donors (Lipinski definition) is 0. The summed E-state index contributed by atoms with van der Waals surface area (Å²) in [6.45, 7) is 7.54. The number of halogens is 2. The Hall–Kier alpha value is -2.81. The van der Waals surface area contributed by atoms with Gasteiger partial charge in [0.2, 0.25) is 11.9 Å². The summed E-state index contributed by atoms with van der Waals surface area (Å²) in [4.78, 5) is 25.4. The molecule has 5 rings (SSSR count). The number of ether oxygens (including phenoxy) is 1. The Labute approximate surface area is 191 Å². The molecule has 174 valence electrons. The highest BCUT2D eigenvalue weighted by atomic mass is 19.3. The van der Waals surface area contributed by atoms with Crippen molar-refractivity contribution in [3.63, 3.8) is 0 Å². The molecule has 9 heteroatoms. The molecule has 33 heavy (non-hydrogen) atoms. The topological polar surface area (TPSA) is 76.9 Å². The molecule has 0 unspecified atom stereocenters. The molecule has 1 saturated carbocycles. The molecule has 4 heterocycles. The third kappa shape index (κ3) is 4.51. The molecule has 2 aliphatic rings. The SMILES string of the molecule is Cc1cc([C@H]2CN(c3nc(C4CCC(F)(F)CC4)c4nc(C)c(C)nc4n3)CCO2)ccn1. The van der Waals surface area contributed by atoms with Gasteiger partial charge in [-0.3, -0.25) is 4.98 Å². The quantitative estimate of drug-likeness (QED) is 0.572. The van der Waals surface area contributed by atoms with Gasteiger partial charge in [0, 0.05) is 37.2 Å². The van der Waals surface area contributed by atoms with Gasteiger partial charge in [0.15, 0.2) is 5.65 Å². The summed E-state index contributed by atoms with van der Waals surface area (Å²) in [5, 5.41) is 0. The normalized spacial score (nSPS) is 21.5. The van der Waals surface area contributed by atoms with E-state index in [4.69, 9.17) is 19.7 Å². The van der Waals surface area contributed by atoms with E-state index < -0.39 is 5.92 Å². The van der Waals surface area contributed by atoms with Gasteiger partial charge in [-0.15, -0.1) is 0 Å². The van der Waals surface area contributed by atoms with Crippen LogP contribution in [0.2, 0.25) is 0 Å². The molecule has 1 atom stereocenters. The van der Waals surface area contributed by atoms with Crippen molar-refractivity contribution in [2.45, 2.75) is 64.4 Å². The minimum atomic E-state index is -2.60. The summed E-state index contributed by atoms with van der Waals surface area (Å²) in [7, 11) is 0. The summed E-state index contributed by atoms with van der Waals surface area (Å²) in [5.74, 6) is -2.11. The molecule has 7 nitrogen and oxygen atoms in total. The summed E-state index contributed by atoms with van der Waals surface area (Å²) in [5.41, 5.74) is 5.51. The monoisotopic (exact) mass is 454 g/mol. The maximum absolute atomic E-state index is 13.8. The lowest BCUT2D eigenvalue weighted by Gasteiger charge is -2.34. The Morgan fingerprint density at radius 1 is 1.03 bits per heavy atom. The molecule has 0 amide bonds. The fraction of sp³-hybridized carbons (Fsp3) is 0.542. The number of rotatable bonds is 3. The highest BCUT2D eigenvalue weighted by Gasteiger charge is 2.37. The minimum absolute atomic E-state index is 0.0787. The second-order valence-corrected chi connectivity index (χ2v) is 9.14. The molecule has 1 saturated heterocycles. The van der Waals surface area contributed by atoms with E-state index in [1.807, 2.05) is 32.9 Å². The molecule has 1 aliphatic heterocycles. The van der Waals surface area contributed by atoms with Crippen LogP contribution in [0.3, 0.4) is 0 Å². The Balaban J connectivity index is 1.52. The van der Waals surface area contributed by atoms with Gasteiger partial charge in [-0.25, -0.2) is 23.7 Å². The number of aromatic nitrogens is 5. The average molecular weight is 455 g/mol. The Bertz CT molecular complexity index is 1180. The zero-order valence-corrected chi connectivity index (χ0v) is 19.2. The number of hydrogen-bond acceptors (Lipinski definition) is 7. The first-order chi connectivity index (χ1) is 15.8. The Morgan fingerprint density at radius 3 is 2.55 bits per heavy atom. The molecule has 0 radical (unpaired) electrons. The molecule has 3 aromatic heterocycles. The van der Waals surface area contributed by atoms with Gasteiger partial charge >= 0.3 is 0 Å². The number of fused-ring (bicyclic) bond motifs is 1. The van der Waals surface area contributed by atoms with Crippen LogP contribution in [0.4, 0.5) is 14.7 Å². The standard InChI is InChI=1S/C24H28F2N6O/c1-14-12-18(6-9-27-14)19-13-32(10-11-33-19)23-30-20(17-4-7-24(25,26)8-5-17)21-22(31-23)29-16(3)15(2)28-21/h6,9,12,17,19H,4-5,7-8,10-11,13H2,1-3H3/t19-/m1/s1. The van der Waals surface area contributed by atoms with E-state index in [0.717, 1.165) is 28.3 Å². The van der Waals surface area contributed by atoms with Crippen molar-refractivity contribution in [3.8, 4) is 0 Å². The van der Waals surface area contributed by atoms with Gasteiger partial charge in [-0.1, -0.05) is 0 Å². The van der Waals surface area contributed by atoms with Crippen molar-refractivity contribution < 1.29 is 13.5 Å². The molecular weight excluding hydrogens is 426 g/mol. The predicted octanol–water partition coefficient (Wildman–Crippen LogP) is 4.61. The van der Waals surface area contributed by atoms with Crippen LogP contribution in [0.5, 0.6) is 0 Å². The van der Waals surface area contributed by atoms with Crippen molar-refractivity contribution >= 4 is 17.1 Å². The van der Waals surface area contributed by atoms with Crippen LogP contribution in [0.15, 0.2) is 18.3 Å². The third-order valence-electron chi connectivity index (χ3n) is 6.70. The second-order valence-electron chi connectivity index (χ2n) is 9.14. The van der Waals surface area contributed by atoms with E-state index in [1.54, 1.807) is 6.20 Å². The van der Waals surface area contributed by atoms with Gasteiger partial charge in [0.1, 0.15) is 11.6 Å². The summed E-state index contributed by atoms with van der Waals surface area (Å²) in [6, 6.07) is 3.99. The van der Waals surface area contributed by atoms with Crippen LogP contribution in [-0.2, 0) is 4.74 Å². The Kier molecular flexibility index (Phi) is 5.68. The van der Waals surface area contributed by atoms with Gasteiger partial charge in [-0.2, -0.15) is 4.98 Å². The highest BCUT2D eigenvalue weighted by Crippen LogP contribution is 2.42. The zero-order valence-electron chi connectivity index (χ0n) is 19.2. The number of alkyl halides is 2. The van der Waals surface area contributed by atoms with E-state index in [9.17, 15) is 8.78 Å². The second kappa shape index (κ2) is 8.52. The van der Waals surface area contributed by atoms with Gasteiger partial charge in [-0.05, 0) is 51.3 Å². The third-order valence-corrected chi connectivity index (χ3v) is 6.70. The van der Waals surface area contributed by atoms with Crippen LogP contribution in [0.25, 0.3) is 11.2 Å². The van der Waals surface area contributed by atoms with Crippen LogP contribution < -0.4 is 4.90 Å². The first-order valence-corrected chi connectivity index (χ1v) is 11.5. The number of anilines is 1. The molecular formula is C24H28F2N6O. The van der Waals surface area contributed by atoms with Crippen molar-refractivity contribution in [2.75, 3.05) is 24.6 Å². The van der Waals surface area contributed by atoms with E-state index in [0.29, 0.717) is 49.7 Å². The van der Waals surface area contributed by atoms with E-state index in [2.05, 4.69) is 14.9 Å². The molecule has 0 aromatic carbocycles. The molecule has 1 aliphatic carbocycles. The van der Waals surface area contributed by atoms with E-state index >= 15 is 0 Å². The fourth-order valence-electron chi connectivity index (χ4n) is 4.66.